The second kappa shape index (κ2) is 7.30. The van der Waals surface area contributed by atoms with E-state index in [1.54, 1.807) is 0 Å². The number of aromatic nitrogens is 1. The molecule has 0 saturated heterocycles. The SMILES string of the molecule is Cc1cc(SC2CCCCC2)ncc1[C@H](N)c1ccccc1. The zero-order chi connectivity index (χ0) is 15.4. The molecule has 0 bridgehead atoms. The lowest BCUT2D eigenvalue weighted by atomic mass is 9.98. The molecule has 3 heteroatoms. The van der Waals surface area contributed by atoms with Gasteiger partial charge < -0.3 is 5.73 Å². The standard InChI is InChI=1S/C19H24N2S/c1-14-12-18(22-16-10-6-3-7-11-16)21-13-17(14)19(20)15-8-4-2-5-9-15/h2,4-5,8-9,12-13,16,19H,3,6-7,10-11,20H2,1H3/t19-/m1/s1. The Morgan fingerprint density at radius 3 is 2.55 bits per heavy atom. The van der Waals surface area contributed by atoms with Crippen molar-refractivity contribution in [2.24, 2.45) is 5.73 Å². The summed E-state index contributed by atoms with van der Waals surface area (Å²) < 4.78 is 0. The Hall–Kier alpha value is -1.32. The highest BCUT2D eigenvalue weighted by molar-refractivity contribution is 7.99. The van der Waals surface area contributed by atoms with Crippen molar-refractivity contribution in [3.63, 3.8) is 0 Å². The Labute approximate surface area is 137 Å². The first kappa shape index (κ1) is 15.6. The van der Waals surface area contributed by atoms with Gasteiger partial charge >= 0.3 is 0 Å². The number of aryl methyl sites for hydroxylation is 1. The minimum absolute atomic E-state index is 0.0950. The molecular formula is C19H24N2S. The number of nitrogens with zero attached hydrogens (tertiary/aromatic N) is 1. The van der Waals surface area contributed by atoms with Crippen molar-refractivity contribution in [3.05, 3.63) is 59.3 Å². The molecule has 116 valence electrons. The average molecular weight is 312 g/mol. The fraction of sp³-hybridized carbons (Fsp3) is 0.421. The quantitative estimate of drug-likeness (QED) is 0.876. The van der Waals surface area contributed by atoms with E-state index in [1.165, 1.54) is 37.7 Å². The van der Waals surface area contributed by atoms with Crippen molar-refractivity contribution in [2.75, 3.05) is 0 Å². The highest BCUT2D eigenvalue weighted by Gasteiger charge is 2.17. The zero-order valence-electron chi connectivity index (χ0n) is 13.2. The van der Waals surface area contributed by atoms with Crippen molar-refractivity contribution in [3.8, 4) is 0 Å². The Bertz CT molecular complexity index is 606. The van der Waals surface area contributed by atoms with Gasteiger partial charge in [-0.3, -0.25) is 0 Å². The van der Waals surface area contributed by atoms with Crippen LogP contribution in [0.15, 0.2) is 47.6 Å². The molecule has 0 spiro atoms. The molecular weight excluding hydrogens is 288 g/mol. The van der Waals surface area contributed by atoms with E-state index in [-0.39, 0.29) is 6.04 Å². The maximum absolute atomic E-state index is 6.40. The van der Waals surface area contributed by atoms with E-state index in [0.717, 1.165) is 21.4 Å². The first-order valence-electron chi connectivity index (χ1n) is 8.18. The number of nitrogens with two attached hydrogens (primary N) is 1. The van der Waals surface area contributed by atoms with Crippen LogP contribution in [0, 0.1) is 6.92 Å². The third-order valence-corrected chi connectivity index (χ3v) is 5.73. The van der Waals surface area contributed by atoms with Crippen LogP contribution in [0.5, 0.6) is 0 Å². The van der Waals surface area contributed by atoms with Crippen molar-refractivity contribution in [1.82, 2.24) is 4.98 Å². The van der Waals surface area contributed by atoms with Crippen LogP contribution in [0.2, 0.25) is 0 Å². The van der Waals surface area contributed by atoms with E-state index in [0.29, 0.717) is 0 Å². The van der Waals surface area contributed by atoms with Crippen molar-refractivity contribution in [1.29, 1.82) is 0 Å². The molecule has 2 N–H and O–H groups in total. The van der Waals surface area contributed by atoms with Crippen LogP contribution in [0.25, 0.3) is 0 Å². The van der Waals surface area contributed by atoms with Gasteiger partial charge in [0, 0.05) is 11.4 Å². The summed E-state index contributed by atoms with van der Waals surface area (Å²) in [5.41, 5.74) is 9.91. The fourth-order valence-corrected chi connectivity index (χ4v) is 4.39. The van der Waals surface area contributed by atoms with Gasteiger partial charge in [-0.1, -0.05) is 49.6 Å². The Kier molecular flexibility index (Phi) is 5.16. The maximum atomic E-state index is 6.40. The number of hydrogen-bond donors (Lipinski definition) is 1. The molecule has 3 rings (SSSR count). The summed E-state index contributed by atoms with van der Waals surface area (Å²) >= 11 is 1.94. The predicted molar refractivity (Wildman–Crippen MR) is 94.2 cm³/mol. The number of benzene rings is 1. The van der Waals surface area contributed by atoms with Crippen molar-refractivity contribution >= 4 is 11.8 Å². The van der Waals surface area contributed by atoms with E-state index < -0.39 is 0 Å². The summed E-state index contributed by atoms with van der Waals surface area (Å²) in [6.07, 6.45) is 8.77. The van der Waals surface area contributed by atoms with Crippen LogP contribution in [-0.2, 0) is 0 Å². The van der Waals surface area contributed by atoms with Gasteiger partial charge in [-0.15, -0.1) is 11.8 Å². The molecule has 1 heterocycles. The average Bonchev–Trinajstić information content (AvgIpc) is 2.56. The third kappa shape index (κ3) is 3.71. The topological polar surface area (TPSA) is 38.9 Å². The molecule has 1 aromatic carbocycles. The molecule has 2 aromatic rings. The van der Waals surface area contributed by atoms with Crippen molar-refractivity contribution in [2.45, 2.75) is 55.3 Å². The van der Waals surface area contributed by atoms with Crippen molar-refractivity contribution < 1.29 is 0 Å². The Morgan fingerprint density at radius 2 is 1.86 bits per heavy atom. The summed E-state index contributed by atoms with van der Waals surface area (Å²) in [5, 5.41) is 1.89. The molecule has 1 fully saturated rings. The minimum Gasteiger partial charge on any atom is -0.320 e. The molecule has 2 nitrogen and oxygen atoms in total. The molecule has 1 aromatic heterocycles. The monoisotopic (exact) mass is 312 g/mol. The van der Waals surface area contributed by atoms with E-state index in [4.69, 9.17) is 5.73 Å². The second-order valence-electron chi connectivity index (χ2n) is 6.15. The normalized spacial score (nSPS) is 17.4. The maximum Gasteiger partial charge on any atom is 0.0965 e. The van der Waals surface area contributed by atoms with E-state index in [9.17, 15) is 0 Å². The summed E-state index contributed by atoms with van der Waals surface area (Å²) in [7, 11) is 0. The summed E-state index contributed by atoms with van der Waals surface area (Å²) in [5.74, 6) is 0. The Morgan fingerprint density at radius 1 is 1.14 bits per heavy atom. The summed E-state index contributed by atoms with van der Waals surface area (Å²) in [6.45, 7) is 2.14. The molecule has 0 aliphatic heterocycles. The largest absolute Gasteiger partial charge is 0.320 e. The molecule has 1 aliphatic carbocycles. The van der Waals surface area contributed by atoms with Gasteiger partial charge in [-0.2, -0.15) is 0 Å². The van der Waals surface area contributed by atoms with Crippen LogP contribution in [-0.4, -0.2) is 10.2 Å². The zero-order valence-corrected chi connectivity index (χ0v) is 14.0. The summed E-state index contributed by atoms with van der Waals surface area (Å²) in [6, 6.07) is 12.4. The molecule has 0 unspecified atom stereocenters. The summed E-state index contributed by atoms with van der Waals surface area (Å²) in [4.78, 5) is 4.66. The van der Waals surface area contributed by atoms with Gasteiger partial charge in [-0.05, 0) is 42.5 Å². The molecule has 1 atom stereocenters. The van der Waals surface area contributed by atoms with Crippen LogP contribution in [0.3, 0.4) is 0 Å². The van der Waals surface area contributed by atoms with Crippen LogP contribution >= 0.6 is 11.8 Å². The molecule has 1 saturated carbocycles. The first-order valence-corrected chi connectivity index (χ1v) is 9.06. The molecule has 0 amide bonds. The van der Waals surface area contributed by atoms with Gasteiger partial charge in [0.1, 0.15) is 0 Å². The Balaban J connectivity index is 1.74. The molecule has 0 radical (unpaired) electrons. The molecule has 22 heavy (non-hydrogen) atoms. The smallest absolute Gasteiger partial charge is 0.0965 e. The van der Waals surface area contributed by atoms with E-state index in [2.05, 4.69) is 30.1 Å². The lowest BCUT2D eigenvalue weighted by Gasteiger charge is -2.21. The number of pyridine rings is 1. The van der Waals surface area contributed by atoms with Gasteiger partial charge in [0.25, 0.3) is 0 Å². The van der Waals surface area contributed by atoms with E-state index in [1.807, 2.05) is 36.2 Å². The highest BCUT2D eigenvalue weighted by atomic mass is 32.2. The third-order valence-electron chi connectivity index (χ3n) is 4.46. The van der Waals surface area contributed by atoms with Gasteiger partial charge in [0.2, 0.25) is 0 Å². The number of hydrogen-bond acceptors (Lipinski definition) is 3. The first-order chi connectivity index (χ1) is 10.7. The second-order valence-corrected chi connectivity index (χ2v) is 7.47. The van der Waals surface area contributed by atoms with Crippen LogP contribution in [0.1, 0.15) is 54.8 Å². The lowest BCUT2D eigenvalue weighted by Crippen LogP contribution is -2.14. The van der Waals surface area contributed by atoms with Crippen LogP contribution in [0.4, 0.5) is 0 Å². The fourth-order valence-electron chi connectivity index (χ4n) is 3.12. The lowest BCUT2D eigenvalue weighted by molar-refractivity contribution is 0.515. The van der Waals surface area contributed by atoms with Gasteiger partial charge in [0.15, 0.2) is 0 Å². The van der Waals surface area contributed by atoms with Gasteiger partial charge in [0.05, 0.1) is 11.1 Å². The predicted octanol–water partition coefficient (Wildman–Crippen LogP) is 4.86. The van der Waals surface area contributed by atoms with E-state index >= 15 is 0 Å². The molecule has 1 aliphatic rings. The number of rotatable bonds is 4. The number of thioether (sulfide) groups is 1. The highest BCUT2D eigenvalue weighted by Crippen LogP contribution is 2.34. The van der Waals surface area contributed by atoms with Crippen LogP contribution < -0.4 is 5.73 Å². The van der Waals surface area contributed by atoms with Gasteiger partial charge in [-0.25, -0.2) is 4.98 Å². The minimum atomic E-state index is -0.0950.